The van der Waals surface area contributed by atoms with Gasteiger partial charge in [0.05, 0.1) is 5.75 Å². The van der Waals surface area contributed by atoms with Crippen LogP contribution in [0.1, 0.15) is 5.82 Å². The molecule has 13 heavy (non-hydrogen) atoms. The molecular formula is C7H13N3O2S. The lowest BCUT2D eigenvalue weighted by molar-refractivity contribution is 0.580. The van der Waals surface area contributed by atoms with Gasteiger partial charge in [0.25, 0.3) is 0 Å². The molecule has 0 aliphatic carbocycles. The SMILES string of the molecule is CNS(=O)(=O)CCn1ccnc1C. The van der Waals surface area contributed by atoms with Crippen molar-refractivity contribution in [1.82, 2.24) is 14.3 Å². The van der Waals surface area contributed by atoms with E-state index in [-0.39, 0.29) is 5.75 Å². The quantitative estimate of drug-likeness (QED) is 0.733. The van der Waals surface area contributed by atoms with Crippen molar-refractivity contribution in [3.8, 4) is 0 Å². The maximum atomic E-state index is 11.1. The Hall–Kier alpha value is -0.880. The van der Waals surface area contributed by atoms with Crippen LogP contribution in [0.5, 0.6) is 0 Å². The molecular weight excluding hydrogens is 190 g/mol. The number of hydrogen-bond donors (Lipinski definition) is 1. The van der Waals surface area contributed by atoms with Crippen molar-refractivity contribution in [2.24, 2.45) is 0 Å². The van der Waals surface area contributed by atoms with E-state index in [0.29, 0.717) is 6.54 Å². The summed E-state index contributed by atoms with van der Waals surface area (Å²) in [5, 5.41) is 0. The fraction of sp³-hybridized carbons (Fsp3) is 0.571. The molecule has 0 unspecified atom stereocenters. The average molecular weight is 203 g/mol. The summed E-state index contributed by atoms with van der Waals surface area (Å²) in [4.78, 5) is 3.99. The van der Waals surface area contributed by atoms with Gasteiger partial charge in [-0.2, -0.15) is 0 Å². The summed E-state index contributed by atoms with van der Waals surface area (Å²) in [6.45, 7) is 2.28. The van der Waals surface area contributed by atoms with Crippen LogP contribution in [0.2, 0.25) is 0 Å². The van der Waals surface area contributed by atoms with Gasteiger partial charge >= 0.3 is 0 Å². The molecule has 5 nitrogen and oxygen atoms in total. The first-order chi connectivity index (χ1) is 6.05. The fourth-order valence-corrected chi connectivity index (χ4v) is 1.60. The lowest BCUT2D eigenvalue weighted by Gasteiger charge is -2.04. The van der Waals surface area contributed by atoms with E-state index in [4.69, 9.17) is 0 Å². The first-order valence-corrected chi connectivity index (χ1v) is 5.59. The van der Waals surface area contributed by atoms with Gasteiger partial charge in [-0.25, -0.2) is 18.1 Å². The molecule has 0 aliphatic rings. The van der Waals surface area contributed by atoms with E-state index in [2.05, 4.69) is 9.71 Å². The van der Waals surface area contributed by atoms with Crippen molar-refractivity contribution in [3.63, 3.8) is 0 Å². The van der Waals surface area contributed by atoms with Crippen molar-refractivity contribution in [3.05, 3.63) is 18.2 Å². The number of imidazole rings is 1. The average Bonchev–Trinajstić information content (AvgIpc) is 2.48. The molecule has 0 spiro atoms. The van der Waals surface area contributed by atoms with Crippen molar-refractivity contribution >= 4 is 10.0 Å². The van der Waals surface area contributed by atoms with Crippen molar-refractivity contribution in [2.45, 2.75) is 13.5 Å². The van der Waals surface area contributed by atoms with Crippen LogP contribution in [-0.4, -0.2) is 30.8 Å². The summed E-state index contributed by atoms with van der Waals surface area (Å²) < 4.78 is 26.2. The second-order valence-corrected chi connectivity index (χ2v) is 4.74. The molecule has 74 valence electrons. The van der Waals surface area contributed by atoms with Gasteiger partial charge in [-0.1, -0.05) is 0 Å². The molecule has 1 aromatic heterocycles. The summed E-state index contributed by atoms with van der Waals surface area (Å²) in [5.74, 6) is 0.909. The molecule has 0 aromatic carbocycles. The number of rotatable bonds is 4. The lowest BCUT2D eigenvalue weighted by Crippen LogP contribution is -2.24. The minimum atomic E-state index is -3.11. The largest absolute Gasteiger partial charge is 0.334 e. The zero-order valence-corrected chi connectivity index (χ0v) is 8.50. The molecule has 1 aromatic rings. The Morgan fingerprint density at radius 2 is 2.31 bits per heavy atom. The summed E-state index contributed by atoms with van der Waals surface area (Å²) >= 11 is 0. The summed E-state index contributed by atoms with van der Waals surface area (Å²) in [6.07, 6.45) is 3.42. The minimum Gasteiger partial charge on any atom is -0.334 e. The summed E-state index contributed by atoms with van der Waals surface area (Å²) in [5.41, 5.74) is 0. The molecule has 0 radical (unpaired) electrons. The highest BCUT2D eigenvalue weighted by Gasteiger charge is 2.07. The number of hydrogen-bond acceptors (Lipinski definition) is 3. The molecule has 0 aliphatic heterocycles. The molecule has 1 rings (SSSR count). The smallest absolute Gasteiger partial charge is 0.213 e. The van der Waals surface area contributed by atoms with Crippen LogP contribution in [0.4, 0.5) is 0 Å². The van der Waals surface area contributed by atoms with Crippen molar-refractivity contribution in [1.29, 1.82) is 0 Å². The van der Waals surface area contributed by atoms with Crippen LogP contribution in [0.3, 0.4) is 0 Å². The number of nitrogens with zero attached hydrogens (tertiary/aromatic N) is 2. The summed E-state index contributed by atoms with van der Waals surface area (Å²) in [6, 6.07) is 0. The Morgan fingerprint density at radius 3 is 2.77 bits per heavy atom. The molecule has 1 heterocycles. The third-order valence-corrected chi connectivity index (χ3v) is 3.18. The Kier molecular flexibility index (Phi) is 3.05. The monoisotopic (exact) mass is 203 g/mol. The van der Waals surface area contributed by atoms with E-state index in [1.165, 1.54) is 7.05 Å². The second kappa shape index (κ2) is 3.89. The maximum absolute atomic E-state index is 11.1. The highest BCUT2D eigenvalue weighted by Crippen LogP contribution is 1.96. The van der Waals surface area contributed by atoms with E-state index in [0.717, 1.165) is 5.82 Å². The minimum absolute atomic E-state index is 0.0840. The van der Waals surface area contributed by atoms with Crippen LogP contribution in [0.15, 0.2) is 12.4 Å². The number of nitrogens with one attached hydrogen (secondary N) is 1. The first-order valence-electron chi connectivity index (χ1n) is 3.94. The predicted octanol–water partition coefficient (Wildman–Crippen LogP) is -0.259. The van der Waals surface area contributed by atoms with E-state index >= 15 is 0 Å². The topological polar surface area (TPSA) is 64.0 Å². The van der Waals surface area contributed by atoms with Crippen LogP contribution < -0.4 is 4.72 Å². The number of aromatic nitrogens is 2. The van der Waals surface area contributed by atoms with Crippen LogP contribution >= 0.6 is 0 Å². The molecule has 0 bridgehead atoms. The molecule has 0 fully saturated rings. The second-order valence-electron chi connectivity index (χ2n) is 2.69. The van der Waals surface area contributed by atoms with Gasteiger partial charge in [-0.15, -0.1) is 0 Å². The Morgan fingerprint density at radius 1 is 1.62 bits per heavy atom. The molecule has 0 saturated heterocycles. The molecule has 6 heteroatoms. The van der Waals surface area contributed by atoms with Gasteiger partial charge in [0.2, 0.25) is 10.0 Å². The third kappa shape index (κ3) is 2.82. The molecule has 0 atom stereocenters. The van der Waals surface area contributed by atoms with E-state index < -0.39 is 10.0 Å². The fourth-order valence-electron chi connectivity index (χ4n) is 0.961. The predicted molar refractivity (Wildman–Crippen MR) is 49.8 cm³/mol. The van der Waals surface area contributed by atoms with Crippen LogP contribution in [-0.2, 0) is 16.6 Å². The standard InChI is InChI=1S/C7H13N3O2S/c1-7-9-3-4-10(7)5-6-13(11,12)8-2/h3-4,8H,5-6H2,1-2H3. The zero-order valence-electron chi connectivity index (χ0n) is 7.69. The van der Waals surface area contributed by atoms with E-state index in [1.54, 1.807) is 17.0 Å². The first kappa shape index (κ1) is 10.2. The highest BCUT2D eigenvalue weighted by atomic mass is 32.2. The number of aryl methyl sites for hydroxylation is 2. The Bertz CT molecular complexity index is 369. The third-order valence-electron chi connectivity index (χ3n) is 1.84. The van der Waals surface area contributed by atoms with Crippen molar-refractivity contribution in [2.75, 3.05) is 12.8 Å². The zero-order chi connectivity index (χ0) is 9.90. The van der Waals surface area contributed by atoms with Gasteiger partial charge in [0.15, 0.2) is 0 Å². The van der Waals surface area contributed by atoms with Crippen LogP contribution in [0, 0.1) is 6.92 Å². The Labute approximate surface area is 77.8 Å². The number of sulfonamides is 1. The van der Waals surface area contributed by atoms with Crippen LogP contribution in [0.25, 0.3) is 0 Å². The lowest BCUT2D eigenvalue weighted by atomic mass is 10.6. The normalized spacial score (nSPS) is 11.8. The van der Waals surface area contributed by atoms with E-state index in [1.807, 2.05) is 6.92 Å². The van der Waals surface area contributed by atoms with Gasteiger partial charge in [-0.3, -0.25) is 0 Å². The maximum Gasteiger partial charge on any atom is 0.213 e. The Balaban J connectivity index is 2.58. The van der Waals surface area contributed by atoms with Gasteiger partial charge in [-0.05, 0) is 14.0 Å². The molecule has 1 N–H and O–H groups in total. The molecule has 0 amide bonds. The molecule has 0 saturated carbocycles. The van der Waals surface area contributed by atoms with Gasteiger partial charge in [0, 0.05) is 18.9 Å². The van der Waals surface area contributed by atoms with Crippen molar-refractivity contribution < 1.29 is 8.42 Å². The summed E-state index contributed by atoms with van der Waals surface area (Å²) in [7, 11) is -1.70. The van der Waals surface area contributed by atoms with Gasteiger partial charge < -0.3 is 4.57 Å². The van der Waals surface area contributed by atoms with E-state index in [9.17, 15) is 8.42 Å². The highest BCUT2D eigenvalue weighted by molar-refractivity contribution is 7.89. The van der Waals surface area contributed by atoms with Gasteiger partial charge in [0.1, 0.15) is 5.82 Å².